The van der Waals surface area contributed by atoms with Gasteiger partial charge in [-0.25, -0.2) is 4.79 Å². The predicted molar refractivity (Wildman–Crippen MR) is 196 cm³/mol. The Morgan fingerprint density at radius 1 is 1.09 bits per heavy atom. The summed E-state index contributed by atoms with van der Waals surface area (Å²) in [6.45, 7) is 11.1. The number of ether oxygens (including phenoxy) is 3. The van der Waals surface area contributed by atoms with Crippen LogP contribution in [0, 0.1) is 18.8 Å². The van der Waals surface area contributed by atoms with E-state index in [1.54, 1.807) is 43.0 Å². The number of pyridine rings is 1. The van der Waals surface area contributed by atoms with E-state index in [0.29, 0.717) is 56.3 Å². The number of nitrogens with one attached hydrogen (secondary N) is 1. The van der Waals surface area contributed by atoms with Gasteiger partial charge in [-0.2, -0.15) is 8.42 Å². The number of rotatable bonds is 17. The van der Waals surface area contributed by atoms with E-state index < -0.39 is 39.9 Å². The molecule has 3 heterocycles. The maximum atomic E-state index is 13.6. The van der Waals surface area contributed by atoms with Crippen molar-refractivity contribution in [2.75, 3.05) is 46.5 Å². The van der Waals surface area contributed by atoms with Crippen molar-refractivity contribution < 1.29 is 46.3 Å². The lowest BCUT2D eigenvalue weighted by Gasteiger charge is -2.37. The normalized spacial score (nSPS) is 18.4. The van der Waals surface area contributed by atoms with E-state index in [1.165, 1.54) is 31.6 Å². The summed E-state index contributed by atoms with van der Waals surface area (Å²) in [5.41, 5.74) is 0.702. The number of carbonyl (C=O) groups is 3. The summed E-state index contributed by atoms with van der Waals surface area (Å²) in [5.74, 6) is -0.516. The van der Waals surface area contributed by atoms with E-state index in [4.69, 9.17) is 18.4 Å². The van der Waals surface area contributed by atoms with Crippen LogP contribution in [-0.2, 0) is 33.4 Å². The molecular weight excluding hydrogens is 705 g/mol. The van der Waals surface area contributed by atoms with Gasteiger partial charge in [0.05, 0.1) is 36.6 Å². The highest BCUT2D eigenvalue weighted by Crippen LogP contribution is 2.28. The topological polar surface area (TPSA) is 174 Å². The highest BCUT2D eigenvalue weighted by atomic mass is 32.2. The van der Waals surface area contributed by atoms with E-state index in [9.17, 15) is 27.9 Å². The first-order chi connectivity index (χ1) is 25.2. The number of methoxy groups -OCH3 is 1. The Morgan fingerprint density at radius 3 is 2.49 bits per heavy atom. The van der Waals surface area contributed by atoms with Gasteiger partial charge in [-0.3, -0.25) is 23.7 Å². The van der Waals surface area contributed by atoms with Crippen molar-refractivity contribution in [3.05, 3.63) is 66.5 Å². The minimum atomic E-state index is -3.95. The van der Waals surface area contributed by atoms with Crippen LogP contribution in [0.2, 0.25) is 0 Å². The van der Waals surface area contributed by atoms with Crippen LogP contribution < -0.4 is 10.1 Å². The molecule has 53 heavy (non-hydrogen) atoms. The summed E-state index contributed by atoms with van der Waals surface area (Å²) < 4.78 is 46.2. The Balaban J connectivity index is 1.27. The highest BCUT2D eigenvalue weighted by molar-refractivity contribution is 7.86. The second kappa shape index (κ2) is 19.3. The number of benzene rings is 1. The second-order valence-electron chi connectivity index (χ2n) is 14.2. The van der Waals surface area contributed by atoms with Gasteiger partial charge in [0, 0.05) is 32.4 Å². The van der Waals surface area contributed by atoms with Crippen LogP contribution in [0.5, 0.6) is 5.75 Å². The van der Waals surface area contributed by atoms with Crippen LogP contribution in [0.4, 0.5) is 4.79 Å². The molecule has 2 N–H and O–H groups in total. The second-order valence-corrected chi connectivity index (χ2v) is 15.8. The Morgan fingerprint density at radius 2 is 1.81 bits per heavy atom. The fourth-order valence-corrected chi connectivity index (χ4v) is 7.26. The number of likely N-dealkylation sites (tertiary alicyclic amines) is 2. The maximum Gasteiger partial charge on any atom is 0.410 e. The SMILES string of the molecule is C=CC(C)(C)OC(=O)N1CCC(CCC(O)N2CCC[C@@H](C(=O)N[C@@H](CC(=O)OC)c3cncc(OCCOS(=O)(=O)c4ccc(C)cc4)c3)C2)CC1. The zero-order chi connectivity index (χ0) is 38.6. The minimum absolute atomic E-state index is 0.0470. The molecule has 1 aromatic carbocycles. The van der Waals surface area contributed by atoms with Crippen molar-refractivity contribution in [1.82, 2.24) is 20.1 Å². The maximum absolute atomic E-state index is 13.6. The van der Waals surface area contributed by atoms with Gasteiger partial charge in [-0.05, 0) is 95.1 Å². The van der Waals surface area contributed by atoms with E-state index in [0.717, 1.165) is 31.2 Å². The van der Waals surface area contributed by atoms with E-state index in [1.807, 2.05) is 11.8 Å². The number of amides is 2. The Labute approximate surface area is 312 Å². The van der Waals surface area contributed by atoms with Crippen molar-refractivity contribution in [2.45, 2.75) is 88.5 Å². The van der Waals surface area contributed by atoms with Crippen LogP contribution in [0.25, 0.3) is 0 Å². The van der Waals surface area contributed by atoms with Crippen molar-refractivity contribution >= 4 is 28.1 Å². The summed E-state index contributed by atoms with van der Waals surface area (Å²) in [7, 11) is -2.68. The van der Waals surface area contributed by atoms with Gasteiger partial charge in [0.25, 0.3) is 10.1 Å². The number of aryl methyl sites for hydroxylation is 1. The van der Waals surface area contributed by atoms with Gasteiger partial charge < -0.3 is 29.5 Å². The van der Waals surface area contributed by atoms with Crippen LogP contribution in [0.3, 0.4) is 0 Å². The molecule has 2 aromatic rings. The van der Waals surface area contributed by atoms with E-state index >= 15 is 0 Å². The van der Waals surface area contributed by atoms with Crippen molar-refractivity contribution in [3.8, 4) is 5.75 Å². The number of aromatic nitrogens is 1. The molecule has 3 atom stereocenters. The number of piperidine rings is 2. The number of nitrogens with zero attached hydrogens (tertiary/aromatic N) is 3. The molecule has 2 amide bonds. The number of hydrogen-bond acceptors (Lipinski definition) is 12. The molecule has 0 radical (unpaired) electrons. The number of aliphatic hydroxyl groups is 1. The lowest BCUT2D eigenvalue weighted by atomic mass is 9.91. The smallest absolute Gasteiger partial charge is 0.410 e. The monoisotopic (exact) mass is 758 g/mol. The summed E-state index contributed by atoms with van der Waals surface area (Å²) in [5, 5.41) is 14.1. The molecule has 1 aromatic heterocycles. The quantitative estimate of drug-likeness (QED) is 0.100. The van der Waals surface area contributed by atoms with Gasteiger partial charge >= 0.3 is 12.1 Å². The number of esters is 1. The molecule has 2 aliphatic heterocycles. The zero-order valence-electron chi connectivity index (χ0n) is 31.2. The fourth-order valence-electron chi connectivity index (χ4n) is 6.37. The van der Waals surface area contributed by atoms with Gasteiger partial charge in [0.1, 0.15) is 30.8 Å². The Hall–Kier alpha value is -4.05. The van der Waals surface area contributed by atoms with Gasteiger partial charge in [-0.15, -0.1) is 0 Å². The molecule has 0 aliphatic carbocycles. The molecule has 0 bridgehead atoms. The molecule has 15 heteroatoms. The summed E-state index contributed by atoms with van der Waals surface area (Å²) in [4.78, 5) is 46.4. The zero-order valence-corrected chi connectivity index (χ0v) is 32.0. The van der Waals surface area contributed by atoms with Crippen molar-refractivity contribution in [3.63, 3.8) is 0 Å². The van der Waals surface area contributed by atoms with Gasteiger partial charge in [0.15, 0.2) is 0 Å². The first-order valence-corrected chi connectivity index (χ1v) is 19.5. The van der Waals surface area contributed by atoms with E-state index in [2.05, 4.69) is 16.9 Å². The molecule has 4 rings (SSSR count). The van der Waals surface area contributed by atoms with Crippen LogP contribution in [-0.4, -0.2) is 105 Å². The molecule has 2 fully saturated rings. The Bertz CT molecular complexity index is 1640. The molecule has 0 saturated carbocycles. The van der Waals surface area contributed by atoms with Gasteiger partial charge in [-0.1, -0.05) is 24.3 Å². The lowest BCUT2D eigenvalue weighted by Crippen LogP contribution is -2.48. The Kier molecular flexibility index (Phi) is 15.2. The summed E-state index contributed by atoms with van der Waals surface area (Å²) in [6.07, 6.45) is 7.74. The molecule has 1 unspecified atom stereocenters. The molecule has 2 saturated heterocycles. The molecule has 14 nitrogen and oxygen atoms in total. The van der Waals surface area contributed by atoms with Crippen LogP contribution >= 0.6 is 0 Å². The highest BCUT2D eigenvalue weighted by Gasteiger charge is 2.32. The fraction of sp³-hybridized carbons (Fsp3) is 0.579. The van der Waals surface area contributed by atoms with Crippen molar-refractivity contribution in [2.24, 2.45) is 11.8 Å². The lowest BCUT2D eigenvalue weighted by molar-refractivity contribution is -0.141. The molecule has 0 spiro atoms. The third-order valence-corrected chi connectivity index (χ3v) is 11.1. The summed E-state index contributed by atoms with van der Waals surface area (Å²) in [6, 6.07) is 7.18. The predicted octanol–water partition coefficient (Wildman–Crippen LogP) is 4.52. The molecular formula is C38H54N4O10S. The first kappa shape index (κ1) is 41.7. The standard InChI is InChI=1S/C38H54N4O10S/c1-6-38(3,4)52-37(46)41-18-15-28(16-19-41)11-14-34(43)42-17-7-8-29(26-42)36(45)40-33(23-35(44)49-5)30-22-31(25-39-24-30)50-20-21-51-53(47,48)32-12-9-27(2)10-13-32/h6,9-10,12-13,22,24-25,28-29,33-34,43H,1,7-8,11,14-21,23,26H2,2-5H3,(H,40,45)/t29-,33+,34?/m1/s1. The first-order valence-electron chi connectivity index (χ1n) is 18.1. The number of aliphatic hydroxyl groups excluding tert-OH is 1. The van der Waals surface area contributed by atoms with E-state index in [-0.39, 0.29) is 36.5 Å². The average Bonchev–Trinajstić information content (AvgIpc) is 3.15. The minimum Gasteiger partial charge on any atom is -0.490 e. The largest absolute Gasteiger partial charge is 0.490 e. The average molecular weight is 759 g/mol. The molecule has 2 aliphatic rings. The third-order valence-electron chi connectivity index (χ3n) is 9.74. The van der Waals surface area contributed by atoms with Crippen LogP contribution in [0.1, 0.15) is 76.0 Å². The number of carbonyl (C=O) groups excluding carboxylic acids is 3. The van der Waals surface area contributed by atoms with Gasteiger partial charge in [0.2, 0.25) is 5.91 Å². The van der Waals surface area contributed by atoms with Crippen LogP contribution in [0.15, 0.2) is 60.3 Å². The van der Waals surface area contributed by atoms with Crippen molar-refractivity contribution in [1.29, 1.82) is 0 Å². The third kappa shape index (κ3) is 12.8. The number of hydrogen-bond donors (Lipinski definition) is 2. The summed E-state index contributed by atoms with van der Waals surface area (Å²) >= 11 is 0. The molecule has 292 valence electrons.